The van der Waals surface area contributed by atoms with Crippen molar-refractivity contribution in [2.24, 2.45) is 17.4 Å². The van der Waals surface area contributed by atoms with Crippen molar-refractivity contribution in [3.8, 4) is 0 Å². The van der Waals surface area contributed by atoms with Crippen LogP contribution in [-0.4, -0.2) is 58.9 Å². The molecule has 0 spiro atoms. The molecular formula is C23H35N5O6. The molecule has 188 valence electrons. The molecule has 0 aromatic heterocycles. The monoisotopic (exact) mass is 477 g/mol. The van der Waals surface area contributed by atoms with Gasteiger partial charge in [-0.25, -0.2) is 4.79 Å². The van der Waals surface area contributed by atoms with E-state index in [0.29, 0.717) is 12.0 Å². The van der Waals surface area contributed by atoms with Gasteiger partial charge in [-0.05, 0) is 31.2 Å². The summed E-state index contributed by atoms with van der Waals surface area (Å²) < 4.78 is 0. The minimum absolute atomic E-state index is 0.0264. The highest BCUT2D eigenvalue weighted by molar-refractivity contribution is 5.94. The van der Waals surface area contributed by atoms with Crippen LogP contribution in [0.2, 0.25) is 0 Å². The van der Waals surface area contributed by atoms with Gasteiger partial charge in [0.15, 0.2) is 0 Å². The third-order valence-electron chi connectivity index (χ3n) is 5.02. The van der Waals surface area contributed by atoms with Crippen LogP contribution in [0.4, 0.5) is 0 Å². The number of carboxylic acids is 1. The van der Waals surface area contributed by atoms with Crippen LogP contribution in [0.3, 0.4) is 0 Å². The lowest BCUT2D eigenvalue weighted by molar-refractivity contribution is -0.142. The second-order valence-corrected chi connectivity index (χ2v) is 8.62. The molecule has 4 amide bonds. The molecule has 11 heteroatoms. The molecule has 0 aliphatic rings. The summed E-state index contributed by atoms with van der Waals surface area (Å²) in [5.74, 6) is -3.74. The summed E-state index contributed by atoms with van der Waals surface area (Å²) in [6, 6.07) is 4.42. The van der Waals surface area contributed by atoms with E-state index in [-0.39, 0.29) is 25.2 Å². The van der Waals surface area contributed by atoms with E-state index in [1.165, 1.54) is 6.92 Å². The number of hydrogen-bond donors (Lipinski definition) is 6. The highest BCUT2D eigenvalue weighted by Crippen LogP contribution is 2.06. The first-order valence-electron chi connectivity index (χ1n) is 11.1. The summed E-state index contributed by atoms with van der Waals surface area (Å²) in [7, 11) is 0. The zero-order valence-corrected chi connectivity index (χ0v) is 19.7. The fourth-order valence-electron chi connectivity index (χ4n) is 3.18. The summed E-state index contributed by atoms with van der Waals surface area (Å²) in [6.45, 7) is 5.24. The molecule has 1 aromatic carbocycles. The third-order valence-corrected chi connectivity index (χ3v) is 5.02. The number of nitrogens with one attached hydrogen (secondary N) is 3. The van der Waals surface area contributed by atoms with E-state index in [0.717, 1.165) is 0 Å². The Kier molecular flexibility index (Phi) is 11.7. The number of hydrogen-bond acceptors (Lipinski definition) is 6. The van der Waals surface area contributed by atoms with Crippen LogP contribution >= 0.6 is 0 Å². The molecule has 0 aliphatic carbocycles. The van der Waals surface area contributed by atoms with E-state index in [1.54, 1.807) is 30.3 Å². The number of amides is 4. The minimum Gasteiger partial charge on any atom is -0.480 e. The van der Waals surface area contributed by atoms with E-state index >= 15 is 0 Å². The Bertz CT molecular complexity index is 861. The van der Waals surface area contributed by atoms with Crippen molar-refractivity contribution in [3.63, 3.8) is 0 Å². The van der Waals surface area contributed by atoms with Crippen LogP contribution in [0.25, 0.3) is 0 Å². The number of nitrogens with two attached hydrogens (primary N) is 2. The Morgan fingerprint density at radius 2 is 1.47 bits per heavy atom. The lowest BCUT2D eigenvalue weighted by atomic mass is 10.0. The molecule has 0 fully saturated rings. The lowest BCUT2D eigenvalue weighted by Crippen LogP contribution is -2.56. The number of aliphatic carboxylic acids is 1. The van der Waals surface area contributed by atoms with Crippen molar-refractivity contribution in [2.75, 3.05) is 0 Å². The smallest absolute Gasteiger partial charge is 0.326 e. The molecule has 4 unspecified atom stereocenters. The Morgan fingerprint density at radius 1 is 0.882 bits per heavy atom. The maximum atomic E-state index is 12.8. The number of benzene rings is 1. The van der Waals surface area contributed by atoms with Crippen LogP contribution in [0.15, 0.2) is 30.3 Å². The van der Waals surface area contributed by atoms with E-state index in [4.69, 9.17) is 11.5 Å². The molecule has 1 aromatic rings. The summed E-state index contributed by atoms with van der Waals surface area (Å²) in [5, 5.41) is 16.9. The fourth-order valence-corrected chi connectivity index (χ4v) is 3.18. The fraction of sp³-hybridized carbons (Fsp3) is 0.522. The van der Waals surface area contributed by atoms with Gasteiger partial charge in [0.25, 0.3) is 0 Å². The predicted octanol–water partition coefficient (Wildman–Crippen LogP) is -0.573. The van der Waals surface area contributed by atoms with Gasteiger partial charge in [0.05, 0.1) is 6.04 Å². The van der Waals surface area contributed by atoms with Crippen LogP contribution in [-0.2, 0) is 30.4 Å². The van der Waals surface area contributed by atoms with Gasteiger partial charge in [0, 0.05) is 12.8 Å². The standard InChI is InChI=1S/C23H35N5O6/c1-13(2)11-16(24)21(31)26-14(3)20(30)27-17(9-10-19(25)29)22(32)28-18(23(33)34)12-15-7-5-4-6-8-15/h4-8,13-14,16-18H,9-12,24H2,1-3H3,(H2,25,29)(H,26,31)(H,27,30)(H,28,32)(H,33,34). The molecule has 0 saturated heterocycles. The van der Waals surface area contributed by atoms with E-state index in [1.807, 2.05) is 13.8 Å². The number of carbonyl (C=O) groups excluding carboxylic acids is 4. The van der Waals surface area contributed by atoms with Crippen molar-refractivity contribution in [1.82, 2.24) is 16.0 Å². The average molecular weight is 478 g/mol. The predicted molar refractivity (Wildman–Crippen MR) is 125 cm³/mol. The van der Waals surface area contributed by atoms with Crippen LogP contribution in [0, 0.1) is 5.92 Å². The number of carboxylic acid groups (broad SMARTS) is 1. The molecule has 0 saturated carbocycles. The zero-order valence-electron chi connectivity index (χ0n) is 19.7. The number of rotatable bonds is 14. The van der Waals surface area contributed by atoms with Gasteiger partial charge < -0.3 is 32.5 Å². The van der Waals surface area contributed by atoms with Gasteiger partial charge >= 0.3 is 5.97 Å². The second-order valence-electron chi connectivity index (χ2n) is 8.62. The molecule has 0 heterocycles. The van der Waals surface area contributed by atoms with Gasteiger partial charge in [-0.1, -0.05) is 44.2 Å². The first-order chi connectivity index (χ1) is 15.9. The van der Waals surface area contributed by atoms with E-state index in [2.05, 4.69) is 16.0 Å². The third kappa shape index (κ3) is 10.4. The Balaban J connectivity index is 2.85. The van der Waals surface area contributed by atoms with E-state index < -0.39 is 53.8 Å². The molecule has 4 atom stereocenters. The highest BCUT2D eigenvalue weighted by Gasteiger charge is 2.29. The van der Waals surface area contributed by atoms with Crippen LogP contribution in [0.5, 0.6) is 0 Å². The van der Waals surface area contributed by atoms with Gasteiger partial charge in [0.1, 0.15) is 18.1 Å². The normalized spacial score (nSPS) is 14.4. The Labute approximate surface area is 199 Å². The quantitative estimate of drug-likeness (QED) is 0.206. The molecule has 1 rings (SSSR count). The summed E-state index contributed by atoms with van der Waals surface area (Å²) in [6.07, 6.45) is 0.104. The highest BCUT2D eigenvalue weighted by atomic mass is 16.4. The van der Waals surface area contributed by atoms with Gasteiger partial charge in [-0.3, -0.25) is 19.2 Å². The molecule has 0 aliphatic heterocycles. The SMILES string of the molecule is CC(C)CC(N)C(=O)NC(C)C(=O)NC(CCC(N)=O)C(=O)NC(Cc1ccccc1)C(=O)O. The van der Waals surface area contributed by atoms with Gasteiger partial charge in [0.2, 0.25) is 23.6 Å². The van der Waals surface area contributed by atoms with Crippen molar-refractivity contribution in [2.45, 2.75) is 70.6 Å². The molecule has 0 bridgehead atoms. The second kappa shape index (κ2) is 13.9. The number of primary amides is 1. The van der Waals surface area contributed by atoms with Crippen LogP contribution in [0.1, 0.15) is 45.6 Å². The Morgan fingerprint density at radius 3 is 2.00 bits per heavy atom. The maximum absolute atomic E-state index is 12.8. The van der Waals surface area contributed by atoms with Crippen molar-refractivity contribution in [3.05, 3.63) is 35.9 Å². The first-order valence-corrected chi connectivity index (χ1v) is 11.1. The Hall–Kier alpha value is -3.47. The lowest BCUT2D eigenvalue weighted by Gasteiger charge is -2.24. The minimum atomic E-state index is -1.26. The topological polar surface area (TPSA) is 194 Å². The average Bonchev–Trinajstić information content (AvgIpc) is 2.75. The molecule has 11 nitrogen and oxygen atoms in total. The first kappa shape index (κ1) is 28.6. The summed E-state index contributed by atoms with van der Waals surface area (Å²) in [5.41, 5.74) is 11.7. The largest absolute Gasteiger partial charge is 0.480 e. The van der Waals surface area contributed by atoms with Crippen LogP contribution < -0.4 is 27.4 Å². The van der Waals surface area contributed by atoms with Crippen molar-refractivity contribution < 1.29 is 29.1 Å². The zero-order chi connectivity index (χ0) is 25.8. The molecule has 8 N–H and O–H groups in total. The molecular weight excluding hydrogens is 442 g/mol. The van der Waals surface area contributed by atoms with Gasteiger partial charge in [-0.15, -0.1) is 0 Å². The number of carbonyl (C=O) groups is 5. The van der Waals surface area contributed by atoms with Crippen molar-refractivity contribution >= 4 is 29.6 Å². The molecule has 0 radical (unpaired) electrons. The van der Waals surface area contributed by atoms with E-state index in [9.17, 15) is 29.1 Å². The summed E-state index contributed by atoms with van der Waals surface area (Å²) in [4.78, 5) is 60.6. The van der Waals surface area contributed by atoms with Gasteiger partial charge in [-0.2, -0.15) is 0 Å². The summed E-state index contributed by atoms with van der Waals surface area (Å²) >= 11 is 0. The maximum Gasteiger partial charge on any atom is 0.326 e. The molecule has 34 heavy (non-hydrogen) atoms. The van der Waals surface area contributed by atoms with Crippen molar-refractivity contribution in [1.29, 1.82) is 0 Å².